The number of fused-ring (bicyclic) bond motifs is 1. The van der Waals surface area contributed by atoms with Crippen LogP contribution in [0.5, 0.6) is 5.75 Å². The second-order valence-corrected chi connectivity index (χ2v) is 7.28. The molecular weight excluding hydrogens is 405 g/mol. The Hall–Kier alpha value is -2.94. The Kier molecular flexibility index (Phi) is 5.23. The first-order chi connectivity index (χ1) is 14.2. The number of hydrogen-bond donors (Lipinski definition) is 2. The summed E-state index contributed by atoms with van der Waals surface area (Å²) in [5.41, 5.74) is 5.28. The molecule has 1 heterocycles. The van der Waals surface area contributed by atoms with E-state index in [4.69, 9.17) is 10.5 Å². The number of nitrogens with zero attached hydrogens (tertiary/aromatic N) is 1. The van der Waals surface area contributed by atoms with E-state index in [1.807, 2.05) is 0 Å². The van der Waals surface area contributed by atoms with E-state index in [0.29, 0.717) is 40.9 Å². The zero-order chi connectivity index (χ0) is 21.5. The summed E-state index contributed by atoms with van der Waals surface area (Å²) in [5.74, 6) is -1.79. The highest BCUT2D eigenvalue weighted by atomic mass is 19.4. The van der Waals surface area contributed by atoms with Crippen molar-refractivity contribution < 1.29 is 26.7 Å². The van der Waals surface area contributed by atoms with E-state index in [9.17, 15) is 22.0 Å². The van der Waals surface area contributed by atoms with Gasteiger partial charge in [-0.05, 0) is 48.6 Å². The monoisotopic (exact) mass is 423 g/mol. The number of halogens is 5. The van der Waals surface area contributed by atoms with Gasteiger partial charge in [-0.15, -0.1) is 0 Å². The van der Waals surface area contributed by atoms with Crippen LogP contribution in [0.15, 0.2) is 42.7 Å². The molecule has 1 saturated carbocycles. The fourth-order valence-corrected chi connectivity index (χ4v) is 3.56. The van der Waals surface area contributed by atoms with Crippen LogP contribution in [-0.4, -0.2) is 17.1 Å². The minimum absolute atomic E-state index is 0.0198. The van der Waals surface area contributed by atoms with Gasteiger partial charge in [0.05, 0.1) is 5.56 Å². The minimum atomic E-state index is -4.78. The maximum absolute atomic E-state index is 14.4. The van der Waals surface area contributed by atoms with Crippen LogP contribution in [0.3, 0.4) is 0 Å². The van der Waals surface area contributed by atoms with Crippen LogP contribution in [0, 0.1) is 11.6 Å². The highest BCUT2D eigenvalue weighted by Crippen LogP contribution is 2.35. The summed E-state index contributed by atoms with van der Waals surface area (Å²) < 4.78 is 71.7. The molecule has 0 radical (unpaired) electrons. The molecule has 1 aliphatic rings. The Bertz CT molecular complexity index is 1080. The van der Waals surface area contributed by atoms with E-state index in [1.54, 1.807) is 18.5 Å². The number of alkyl halides is 3. The van der Waals surface area contributed by atoms with Gasteiger partial charge in [-0.3, -0.25) is 4.98 Å². The van der Waals surface area contributed by atoms with Gasteiger partial charge >= 0.3 is 6.18 Å². The number of benzene rings is 2. The van der Waals surface area contributed by atoms with Crippen LogP contribution >= 0.6 is 0 Å². The van der Waals surface area contributed by atoms with Gasteiger partial charge in [-0.2, -0.15) is 13.2 Å². The van der Waals surface area contributed by atoms with Crippen molar-refractivity contribution in [2.24, 2.45) is 0 Å². The third-order valence-corrected chi connectivity index (χ3v) is 5.24. The fourth-order valence-electron chi connectivity index (χ4n) is 3.56. The molecule has 0 bridgehead atoms. The number of hydrogen-bond acceptors (Lipinski definition) is 4. The van der Waals surface area contributed by atoms with Crippen molar-refractivity contribution in [1.82, 2.24) is 10.3 Å². The van der Waals surface area contributed by atoms with Crippen LogP contribution in [0.2, 0.25) is 0 Å². The van der Waals surface area contributed by atoms with E-state index >= 15 is 0 Å². The number of anilines is 1. The fraction of sp³-hybridized carbons (Fsp3) is 0.286. The lowest BCUT2D eigenvalue weighted by atomic mass is 9.89. The van der Waals surface area contributed by atoms with Crippen molar-refractivity contribution in [2.75, 3.05) is 5.73 Å². The van der Waals surface area contributed by atoms with Crippen molar-refractivity contribution in [3.63, 3.8) is 0 Å². The Morgan fingerprint density at radius 3 is 2.57 bits per heavy atom. The molecule has 0 amide bonds. The predicted octanol–water partition coefficient (Wildman–Crippen LogP) is 4.81. The molecule has 1 aromatic heterocycles. The van der Waals surface area contributed by atoms with Crippen molar-refractivity contribution in [3.8, 4) is 5.75 Å². The highest BCUT2D eigenvalue weighted by molar-refractivity contribution is 5.94. The molecule has 3 aromatic rings. The summed E-state index contributed by atoms with van der Waals surface area (Å²) in [6.45, 7) is 0.263. The number of rotatable bonds is 5. The molecule has 4 nitrogen and oxygen atoms in total. The SMILES string of the molecule is Nc1cc(F)c(CNC2CC(Oc3ccc(F)c(C(F)(F)F)c3)C2)c2ccncc12. The summed E-state index contributed by atoms with van der Waals surface area (Å²) in [6.07, 6.45) is -0.862. The molecule has 3 N–H and O–H groups in total. The highest BCUT2D eigenvalue weighted by Gasteiger charge is 2.35. The average Bonchev–Trinajstić information content (AvgIpc) is 2.65. The third kappa shape index (κ3) is 4.02. The molecule has 0 atom stereocenters. The van der Waals surface area contributed by atoms with Gasteiger partial charge in [0.15, 0.2) is 0 Å². The Balaban J connectivity index is 1.36. The maximum Gasteiger partial charge on any atom is 0.419 e. The zero-order valence-electron chi connectivity index (χ0n) is 15.6. The Labute approximate surface area is 168 Å². The summed E-state index contributed by atoms with van der Waals surface area (Å²) in [6, 6.07) is 5.57. The first-order valence-electron chi connectivity index (χ1n) is 9.29. The molecule has 30 heavy (non-hydrogen) atoms. The van der Waals surface area contributed by atoms with Gasteiger partial charge in [0, 0.05) is 41.6 Å². The standard InChI is InChI=1S/C21H18F5N3O/c22-18-2-1-12(7-17(18)21(24,25)26)30-13-5-11(6-13)29-10-15-14-3-4-28-9-16(14)20(27)8-19(15)23/h1-4,7-9,11,13,29H,5-6,10,27H2. The van der Waals surface area contributed by atoms with Crippen molar-refractivity contribution >= 4 is 16.5 Å². The lowest BCUT2D eigenvalue weighted by Crippen LogP contribution is -2.46. The minimum Gasteiger partial charge on any atom is -0.490 e. The average molecular weight is 423 g/mol. The predicted molar refractivity (Wildman–Crippen MR) is 102 cm³/mol. The molecule has 158 valence electrons. The lowest BCUT2D eigenvalue weighted by Gasteiger charge is -2.36. The molecule has 1 fully saturated rings. The topological polar surface area (TPSA) is 60.2 Å². The quantitative estimate of drug-likeness (QED) is 0.457. The molecular formula is C21H18F5N3O. The van der Waals surface area contributed by atoms with Crippen molar-refractivity contribution in [3.05, 3.63) is 65.5 Å². The molecule has 0 spiro atoms. The molecule has 0 aliphatic heterocycles. The zero-order valence-corrected chi connectivity index (χ0v) is 15.6. The van der Waals surface area contributed by atoms with Crippen LogP contribution < -0.4 is 15.8 Å². The molecule has 1 aliphatic carbocycles. The number of nitrogens with two attached hydrogens (primary N) is 1. The van der Waals surface area contributed by atoms with Crippen LogP contribution in [-0.2, 0) is 12.7 Å². The number of pyridine rings is 1. The molecule has 0 unspecified atom stereocenters. The number of nitrogen functional groups attached to an aromatic ring is 1. The van der Waals surface area contributed by atoms with Gasteiger partial charge in [-0.1, -0.05) is 0 Å². The van der Waals surface area contributed by atoms with Crippen LogP contribution in [0.25, 0.3) is 10.8 Å². The van der Waals surface area contributed by atoms with E-state index in [2.05, 4.69) is 10.3 Å². The molecule has 9 heteroatoms. The van der Waals surface area contributed by atoms with Gasteiger partial charge in [-0.25, -0.2) is 8.78 Å². The third-order valence-electron chi connectivity index (χ3n) is 5.24. The van der Waals surface area contributed by atoms with Crippen LogP contribution in [0.4, 0.5) is 27.6 Å². The second kappa shape index (κ2) is 7.71. The van der Waals surface area contributed by atoms with E-state index in [1.165, 1.54) is 12.1 Å². The van der Waals surface area contributed by atoms with Crippen LogP contribution in [0.1, 0.15) is 24.0 Å². The van der Waals surface area contributed by atoms with Crippen molar-refractivity contribution in [2.45, 2.75) is 37.7 Å². The Morgan fingerprint density at radius 2 is 1.83 bits per heavy atom. The van der Waals surface area contributed by atoms with Gasteiger partial charge in [0.2, 0.25) is 0 Å². The lowest BCUT2D eigenvalue weighted by molar-refractivity contribution is -0.140. The molecule has 4 rings (SSSR count). The molecule has 2 aromatic carbocycles. The van der Waals surface area contributed by atoms with Gasteiger partial charge < -0.3 is 15.8 Å². The number of nitrogens with one attached hydrogen (secondary N) is 1. The van der Waals surface area contributed by atoms with Gasteiger partial charge in [0.1, 0.15) is 23.5 Å². The normalized spacial score (nSPS) is 19.0. The number of aromatic nitrogens is 1. The maximum atomic E-state index is 14.4. The largest absolute Gasteiger partial charge is 0.490 e. The van der Waals surface area contributed by atoms with E-state index < -0.39 is 23.4 Å². The van der Waals surface area contributed by atoms with E-state index in [-0.39, 0.29) is 24.4 Å². The summed E-state index contributed by atoms with van der Waals surface area (Å²) in [5, 5.41) is 4.57. The Morgan fingerprint density at radius 1 is 1.07 bits per heavy atom. The second-order valence-electron chi connectivity index (χ2n) is 7.28. The molecule has 0 saturated heterocycles. The summed E-state index contributed by atoms with van der Waals surface area (Å²) in [4.78, 5) is 4.01. The number of ether oxygens (including phenoxy) is 1. The van der Waals surface area contributed by atoms with E-state index in [0.717, 1.165) is 6.07 Å². The van der Waals surface area contributed by atoms with Gasteiger partial charge in [0.25, 0.3) is 0 Å². The first-order valence-corrected chi connectivity index (χ1v) is 9.29. The summed E-state index contributed by atoms with van der Waals surface area (Å²) >= 11 is 0. The van der Waals surface area contributed by atoms with Crippen molar-refractivity contribution in [1.29, 1.82) is 0 Å². The summed E-state index contributed by atoms with van der Waals surface area (Å²) in [7, 11) is 0. The first kappa shape index (κ1) is 20.3. The smallest absolute Gasteiger partial charge is 0.419 e.